The third-order valence-electron chi connectivity index (χ3n) is 6.10. The van der Waals surface area contributed by atoms with Crippen LogP contribution in [-0.2, 0) is 0 Å². The Hall–Kier alpha value is -4.16. The summed E-state index contributed by atoms with van der Waals surface area (Å²) in [7, 11) is 1.66. The van der Waals surface area contributed by atoms with E-state index in [9.17, 15) is 0 Å². The predicted molar refractivity (Wildman–Crippen MR) is 138 cm³/mol. The summed E-state index contributed by atoms with van der Waals surface area (Å²) in [5.41, 5.74) is 4.52. The normalized spacial score (nSPS) is 15.4. The van der Waals surface area contributed by atoms with Crippen molar-refractivity contribution < 1.29 is 9.15 Å². The van der Waals surface area contributed by atoms with Crippen molar-refractivity contribution in [3.05, 3.63) is 108 Å². The van der Waals surface area contributed by atoms with E-state index in [1.54, 1.807) is 13.4 Å². The summed E-state index contributed by atoms with van der Waals surface area (Å²) in [6.45, 7) is 0. The van der Waals surface area contributed by atoms with E-state index in [2.05, 4.69) is 0 Å². The minimum absolute atomic E-state index is 0.171. The lowest BCUT2D eigenvalue weighted by Gasteiger charge is -2.21. The van der Waals surface area contributed by atoms with Crippen LogP contribution in [0.5, 0.6) is 5.75 Å². The van der Waals surface area contributed by atoms with Crippen molar-refractivity contribution >= 4 is 34.2 Å². The van der Waals surface area contributed by atoms with Gasteiger partial charge in [0, 0.05) is 22.4 Å². The molecule has 1 aliphatic heterocycles. The number of hydrazone groups is 1. The van der Waals surface area contributed by atoms with Crippen LogP contribution in [0.15, 0.2) is 101 Å². The van der Waals surface area contributed by atoms with Crippen molar-refractivity contribution in [2.24, 2.45) is 5.10 Å². The van der Waals surface area contributed by atoms with Crippen molar-refractivity contribution in [2.75, 3.05) is 12.1 Å². The van der Waals surface area contributed by atoms with Crippen LogP contribution in [0.25, 0.3) is 22.2 Å². The Morgan fingerprint density at radius 2 is 1.74 bits per heavy atom. The first-order valence-corrected chi connectivity index (χ1v) is 11.6. The van der Waals surface area contributed by atoms with Gasteiger partial charge in [0.25, 0.3) is 0 Å². The standard InChI is InChI=1S/C28H21ClN4O2/c1-34-21-12-9-18(10-13-21)24-17-25(26-8-5-15-35-26)33(32-24)28-30-23-14-11-20(29)16-22(23)27(31-28)19-6-3-2-4-7-19/h2-16,25H,17H2,1H3/t25-/m1/s1. The zero-order chi connectivity index (χ0) is 23.8. The summed E-state index contributed by atoms with van der Waals surface area (Å²) in [5, 5.41) is 8.37. The van der Waals surface area contributed by atoms with Gasteiger partial charge in [-0.05, 0) is 60.2 Å². The van der Waals surface area contributed by atoms with Crippen LogP contribution in [0.3, 0.4) is 0 Å². The number of benzene rings is 3. The molecule has 1 atom stereocenters. The molecule has 3 aromatic carbocycles. The summed E-state index contributed by atoms with van der Waals surface area (Å²) in [6.07, 6.45) is 2.33. The summed E-state index contributed by atoms with van der Waals surface area (Å²) in [4.78, 5) is 9.88. The van der Waals surface area contributed by atoms with Crippen LogP contribution < -0.4 is 9.75 Å². The van der Waals surface area contributed by atoms with Crippen molar-refractivity contribution in [3.63, 3.8) is 0 Å². The van der Waals surface area contributed by atoms with Gasteiger partial charge in [-0.15, -0.1) is 0 Å². The van der Waals surface area contributed by atoms with Crippen LogP contribution in [0.1, 0.15) is 23.8 Å². The van der Waals surface area contributed by atoms with Gasteiger partial charge in [0.05, 0.1) is 30.3 Å². The van der Waals surface area contributed by atoms with Gasteiger partial charge in [-0.25, -0.2) is 15.0 Å². The maximum atomic E-state index is 6.34. The highest BCUT2D eigenvalue weighted by atomic mass is 35.5. The molecule has 1 aliphatic rings. The molecule has 0 aliphatic carbocycles. The number of hydrogen-bond donors (Lipinski definition) is 0. The molecule has 3 heterocycles. The Bertz CT molecular complexity index is 1520. The van der Waals surface area contributed by atoms with Gasteiger partial charge < -0.3 is 9.15 Å². The number of furan rings is 1. The van der Waals surface area contributed by atoms with Crippen LogP contribution >= 0.6 is 11.6 Å². The lowest BCUT2D eigenvalue weighted by atomic mass is 10.0. The van der Waals surface area contributed by atoms with Gasteiger partial charge in [-0.1, -0.05) is 41.9 Å². The minimum Gasteiger partial charge on any atom is -0.497 e. The molecule has 0 N–H and O–H groups in total. The number of rotatable bonds is 5. The fourth-order valence-corrected chi connectivity index (χ4v) is 4.53. The molecule has 6 rings (SSSR count). The van der Waals surface area contributed by atoms with Crippen molar-refractivity contribution in [2.45, 2.75) is 12.5 Å². The second kappa shape index (κ2) is 8.89. The number of nitrogens with zero attached hydrogens (tertiary/aromatic N) is 4. The Balaban J connectivity index is 1.51. The second-order valence-corrected chi connectivity index (χ2v) is 8.69. The number of hydrogen-bond acceptors (Lipinski definition) is 6. The molecule has 0 fully saturated rings. The number of ether oxygens (including phenoxy) is 1. The topological polar surface area (TPSA) is 63.8 Å². The third-order valence-corrected chi connectivity index (χ3v) is 6.34. The molecule has 0 saturated carbocycles. The first-order valence-electron chi connectivity index (χ1n) is 11.3. The smallest absolute Gasteiger partial charge is 0.248 e. The molecule has 0 amide bonds. The van der Waals surface area contributed by atoms with Gasteiger partial charge in [-0.3, -0.25) is 0 Å². The molecule has 0 radical (unpaired) electrons. The summed E-state index contributed by atoms with van der Waals surface area (Å²) in [6, 6.07) is 27.3. The predicted octanol–water partition coefficient (Wildman–Crippen LogP) is 6.91. The molecule has 5 aromatic rings. The first-order chi connectivity index (χ1) is 17.2. The molecule has 35 heavy (non-hydrogen) atoms. The maximum absolute atomic E-state index is 6.34. The lowest BCUT2D eigenvalue weighted by molar-refractivity contribution is 0.415. The van der Waals surface area contributed by atoms with E-state index < -0.39 is 0 Å². The molecule has 172 valence electrons. The number of anilines is 1. The molecule has 0 spiro atoms. The van der Waals surface area contributed by atoms with Gasteiger partial charge in [0.2, 0.25) is 5.95 Å². The van der Waals surface area contributed by atoms with Gasteiger partial charge in [0.1, 0.15) is 17.6 Å². The fourth-order valence-electron chi connectivity index (χ4n) is 4.36. The Kier molecular flexibility index (Phi) is 5.43. The largest absolute Gasteiger partial charge is 0.497 e. The average Bonchev–Trinajstić information content (AvgIpc) is 3.59. The monoisotopic (exact) mass is 480 g/mol. The number of methoxy groups -OCH3 is 1. The number of halogens is 1. The molecular weight excluding hydrogens is 460 g/mol. The van der Waals surface area contributed by atoms with E-state index in [1.807, 2.05) is 89.9 Å². The summed E-state index contributed by atoms with van der Waals surface area (Å²) < 4.78 is 11.1. The van der Waals surface area contributed by atoms with Crippen molar-refractivity contribution in [3.8, 4) is 17.0 Å². The van der Waals surface area contributed by atoms with Crippen LogP contribution in [-0.4, -0.2) is 22.8 Å². The first kappa shape index (κ1) is 21.4. The van der Waals surface area contributed by atoms with Crippen LogP contribution in [0.4, 0.5) is 5.95 Å². The highest BCUT2D eigenvalue weighted by Crippen LogP contribution is 2.38. The van der Waals surface area contributed by atoms with E-state index in [0.29, 0.717) is 17.4 Å². The average molecular weight is 481 g/mol. The van der Waals surface area contributed by atoms with Crippen LogP contribution in [0.2, 0.25) is 5.02 Å². The van der Waals surface area contributed by atoms with Gasteiger partial charge >= 0.3 is 0 Å². The zero-order valence-corrected chi connectivity index (χ0v) is 19.7. The highest BCUT2D eigenvalue weighted by molar-refractivity contribution is 6.31. The summed E-state index contributed by atoms with van der Waals surface area (Å²) >= 11 is 6.34. The van der Waals surface area contributed by atoms with E-state index in [-0.39, 0.29) is 6.04 Å². The Morgan fingerprint density at radius 3 is 2.49 bits per heavy atom. The molecule has 0 bridgehead atoms. The number of fused-ring (bicyclic) bond motifs is 1. The van der Waals surface area contributed by atoms with E-state index in [4.69, 9.17) is 35.8 Å². The quantitative estimate of drug-likeness (QED) is 0.273. The molecule has 2 aromatic heterocycles. The molecule has 7 heteroatoms. The molecule has 0 saturated heterocycles. The van der Waals surface area contributed by atoms with Gasteiger partial charge in [-0.2, -0.15) is 5.10 Å². The molecular formula is C28H21ClN4O2. The molecule has 0 unspecified atom stereocenters. The lowest BCUT2D eigenvalue weighted by Crippen LogP contribution is -2.20. The zero-order valence-electron chi connectivity index (χ0n) is 18.9. The van der Waals surface area contributed by atoms with Gasteiger partial charge in [0.15, 0.2) is 0 Å². The van der Waals surface area contributed by atoms with E-state index >= 15 is 0 Å². The maximum Gasteiger partial charge on any atom is 0.248 e. The van der Waals surface area contributed by atoms with Crippen molar-refractivity contribution in [1.82, 2.24) is 9.97 Å². The molecule has 6 nitrogen and oxygen atoms in total. The highest BCUT2D eigenvalue weighted by Gasteiger charge is 2.34. The fraction of sp³-hybridized carbons (Fsp3) is 0.107. The van der Waals surface area contributed by atoms with E-state index in [0.717, 1.165) is 44.9 Å². The second-order valence-electron chi connectivity index (χ2n) is 8.25. The third kappa shape index (κ3) is 4.02. The Labute approximate surface area is 207 Å². The van der Waals surface area contributed by atoms with E-state index in [1.165, 1.54) is 0 Å². The summed E-state index contributed by atoms with van der Waals surface area (Å²) in [5.74, 6) is 2.11. The van der Waals surface area contributed by atoms with Crippen molar-refractivity contribution in [1.29, 1.82) is 0 Å². The van der Waals surface area contributed by atoms with Crippen LogP contribution in [0, 0.1) is 0 Å². The SMILES string of the molecule is COc1ccc(C2=NN(c3nc(-c4ccccc4)c4cc(Cl)ccc4n3)[C@@H](c3ccco3)C2)cc1. The number of aromatic nitrogens is 2. The Morgan fingerprint density at radius 1 is 0.914 bits per heavy atom. The minimum atomic E-state index is -0.171.